The zero-order valence-corrected chi connectivity index (χ0v) is 13.8. The predicted octanol–water partition coefficient (Wildman–Crippen LogP) is 3.18. The lowest BCUT2D eigenvalue weighted by molar-refractivity contribution is 0.0587. The number of ether oxygens (including phenoxy) is 2. The van der Waals surface area contributed by atoms with Gasteiger partial charge in [0.25, 0.3) is 0 Å². The Morgan fingerprint density at radius 3 is 2.15 bits per heavy atom. The molecule has 136 valence electrons. The van der Waals surface area contributed by atoms with Crippen molar-refractivity contribution >= 4 is 29.3 Å². The van der Waals surface area contributed by atoms with Gasteiger partial charge in [0.05, 0.1) is 36.7 Å². The van der Waals surface area contributed by atoms with Crippen molar-refractivity contribution in [3.63, 3.8) is 0 Å². The fourth-order valence-corrected chi connectivity index (χ4v) is 2.05. The van der Waals surface area contributed by atoms with Crippen LogP contribution in [0.15, 0.2) is 36.4 Å². The molecule has 9 heteroatoms. The minimum absolute atomic E-state index is 0.0463. The monoisotopic (exact) mass is 364 g/mol. The van der Waals surface area contributed by atoms with E-state index in [1.807, 2.05) is 0 Å². The van der Waals surface area contributed by atoms with Crippen molar-refractivity contribution in [3.05, 3.63) is 59.2 Å². The van der Waals surface area contributed by atoms with E-state index in [9.17, 15) is 23.2 Å². The van der Waals surface area contributed by atoms with E-state index in [2.05, 4.69) is 20.1 Å². The van der Waals surface area contributed by atoms with Crippen molar-refractivity contribution < 1.29 is 32.6 Å². The molecule has 0 fully saturated rings. The lowest BCUT2D eigenvalue weighted by Crippen LogP contribution is -2.22. The van der Waals surface area contributed by atoms with E-state index in [0.29, 0.717) is 0 Å². The molecular weight excluding hydrogens is 350 g/mol. The number of hydrogen-bond acceptors (Lipinski definition) is 5. The van der Waals surface area contributed by atoms with E-state index in [0.717, 1.165) is 25.3 Å². The Kier molecular flexibility index (Phi) is 5.84. The van der Waals surface area contributed by atoms with Crippen molar-refractivity contribution in [2.75, 3.05) is 24.9 Å². The normalized spacial score (nSPS) is 10.0. The van der Waals surface area contributed by atoms with E-state index in [4.69, 9.17) is 0 Å². The fraction of sp³-hybridized carbons (Fsp3) is 0.118. The Morgan fingerprint density at radius 2 is 1.50 bits per heavy atom. The van der Waals surface area contributed by atoms with Crippen LogP contribution in [0.4, 0.5) is 25.0 Å². The van der Waals surface area contributed by atoms with Crippen LogP contribution < -0.4 is 10.6 Å². The Morgan fingerprint density at radius 1 is 0.846 bits per heavy atom. The SMILES string of the molecule is COC(=O)c1ccc(C(=O)OC)c(NC(=O)Nc2cc(F)ccc2F)c1. The molecule has 0 saturated heterocycles. The third-order valence-electron chi connectivity index (χ3n) is 3.27. The average molecular weight is 364 g/mol. The van der Waals surface area contributed by atoms with Gasteiger partial charge in [-0.2, -0.15) is 0 Å². The van der Waals surface area contributed by atoms with Crippen LogP contribution in [0.1, 0.15) is 20.7 Å². The van der Waals surface area contributed by atoms with Crippen LogP contribution >= 0.6 is 0 Å². The molecule has 26 heavy (non-hydrogen) atoms. The van der Waals surface area contributed by atoms with Gasteiger partial charge in [-0.15, -0.1) is 0 Å². The summed E-state index contributed by atoms with van der Waals surface area (Å²) in [5.41, 5.74) is -0.456. The van der Waals surface area contributed by atoms with Crippen molar-refractivity contribution in [2.24, 2.45) is 0 Å². The summed E-state index contributed by atoms with van der Waals surface area (Å²) in [4.78, 5) is 35.5. The summed E-state index contributed by atoms with van der Waals surface area (Å²) in [7, 11) is 2.31. The number of urea groups is 1. The lowest BCUT2D eigenvalue weighted by atomic mass is 10.1. The molecule has 0 spiro atoms. The summed E-state index contributed by atoms with van der Waals surface area (Å²) in [6.07, 6.45) is 0. The van der Waals surface area contributed by atoms with E-state index >= 15 is 0 Å². The highest BCUT2D eigenvalue weighted by Crippen LogP contribution is 2.21. The summed E-state index contributed by atoms with van der Waals surface area (Å²) >= 11 is 0. The molecule has 0 aromatic heterocycles. The molecule has 0 aliphatic heterocycles. The first-order chi connectivity index (χ1) is 12.3. The van der Waals surface area contributed by atoms with Crippen LogP contribution in [0.25, 0.3) is 0 Å². The standard InChI is InChI=1S/C17H14F2N2O5/c1-25-15(22)9-3-5-11(16(23)26-2)13(7-9)20-17(24)21-14-8-10(18)4-6-12(14)19/h3-8H,1-2H3,(H2,20,21,24). The van der Waals surface area contributed by atoms with Gasteiger partial charge in [-0.05, 0) is 30.3 Å². The number of esters is 2. The highest BCUT2D eigenvalue weighted by Gasteiger charge is 2.18. The van der Waals surface area contributed by atoms with Gasteiger partial charge >= 0.3 is 18.0 Å². The Bertz CT molecular complexity index is 870. The quantitative estimate of drug-likeness (QED) is 0.813. The molecule has 0 heterocycles. The minimum Gasteiger partial charge on any atom is -0.465 e. The molecule has 0 unspecified atom stereocenters. The summed E-state index contributed by atoms with van der Waals surface area (Å²) in [6.45, 7) is 0. The van der Waals surface area contributed by atoms with Crippen LogP contribution in [0.3, 0.4) is 0 Å². The van der Waals surface area contributed by atoms with Gasteiger partial charge in [-0.1, -0.05) is 0 Å². The summed E-state index contributed by atoms with van der Waals surface area (Å²) in [5.74, 6) is -3.06. The van der Waals surface area contributed by atoms with Crippen molar-refractivity contribution in [2.45, 2.75) is 0 Å². The number of benzene rings is 2. The minimum atomic E-state index is -0.957. The van der Waals surface area contributed by atoms with E-state index in [-0.39, 0.29) is 16.8 Å². The highest BCUT2D eigenvalue weighted by molar-refractivity contribution is 6.06. The number of methoxy groups -OCH3 is 2. The van der Waals surface area contributed by atoms with Gasteiger partial charge in [0.2, 0.25) is 0 Å². The maximum absolute atomic E-state index is 13.6. The molecule has 2 aromatic rings. The fourth-order valence-electron chi connectivity index (χ4n) is 2.05. The second-order valence-electron chi connectivity index (χ2n) is 4.95. The average Bonchev–Trinajstić information content (AvgIpc) is 2.63. The molecule has 0 saturated carbocycles. The number of carbonyl (C=O) groups excluding carboxylic acids is 3. The number of amides is 2. The molecule has 0 radical (unpaired) electrons. The van der Waals surface area contributed by atoms with Gasteiger partial charge in [-0.25, -0.2) is 23.2 Å². The first-order valence-electron chi connectivity index (χ1n) is 7.19. The largest absolute Gasteiger partial charge is 0.465 e. The van der Waals surface area contributed by atoms with Crippen LogP contribution in [0.5, 0.6) is 0 Å². The zero-order valence-electron chi connectivity index (χ0n) is 13.8. The van der Waals surface area contributed by atoms with Crippen LogP contribution in [-0.2, 0) is 9.47 Å². The van der Waals surface area contributed by atoms with Gasteiger partial charge < -0.3 is 20.1 Å². The summed E-state index contributed by atoms with van der Waals surface area (Å²) in [6, 6.07) is 5.35. The van der Waals surface area contributed by atoms with Gasteiger partial charge in [0.1, 0.15) is 11.6 Å². The number of halogens is 2. The Hall–Kier alpha value is -3.49. The molecule has 0 atom stereocenters. The second-order valence-corrected chi connectivity index (χ2v) is 4.95. The molecule has 7 nitrogen and oxygen atoms in total. The molecule has 2 aromatic carbocycles. The lowest BCUT2D eigenvalue weighted by Gasteiger charge is -2.12. The first-order valence-corrected chi connectivity index (χ1v) is 7.19. The van der Waals surface area contributed by atoms with E-state index in [1.54, 1.807) is 0 Å². The summed E-state index contributed by atoms with van der Waals surface area (Å²) < 4.78 is 35.9. The Balaban J connectivity index is 2.30. The number of nitrogens with one attached hydrogen (secondary N) is 2. The van der Waals surface area contributed by atoms with Gasteiger partial charge in [0.15, 0.2) is 0 Å². The number of anilines is 2. The maximum atomic E-state index is 13.6. The van der Waals surface area contributed by atoms with E-state index in [1.165, 1.54) is 25.3 Å². The van der Waals surface area contributed by atoms with Gasteiger partial charge in [-0.3, -0.25) is 0 Å². The molecule has 0 bridgehead atoms. The van der Waals surface area contributed by atoms with Crippen LogP contribution in [-0.4, -0.2) is 32.2 Å². The van der Waals surface area contributed by atoms with E-state index < -0.39 is 35.3 Å². The van der Waals surface area contributed by atoms with Crippen molar-refractivity contribution in [1.82, 2.24) is 0 Å². The third-order valence-corrected chi connectivity index (χ3v) is 3.27. The Labute approximate surface area is 146 Å². The smallest absolute Gasteiger partial charge is 0.339 e. The molecule has 0 aliphatic carbocycles. The predicted molar refractivity (Wildman–Crippen MR) is 88.1 cm³/mol. The first kappa shape index (κ1) is 18.8. The zero-order chi connectivity index (χ0) is 19.3. The maximum Gasteiger partial charge on any atom is 0.339 e. The molecule has 0 aliphatic rings. The third kappa shape index (κ3) is 4.32. The van der Waals surface area contributed by atoms with Crippen LogP contribution in [0, 0.1) is 11.6 Å². The van der Waals surface area contributed by atoms with Crippen LogP contribution in [0.2, 0.25) is 0 Å². The molecule has 2 rings (SSSR count). The van der Waals surface area contributed by atoms with Crippen molar-refractivity contribution in [3.8, 4) is 0 Å². The highest BCUT2D eigenvalue weighted by atomic mass is 19.1. The molecular formula is C17H14F2N2O5. The summed E-state index contributed by atoms with van der Waals surface area (Å²) in [5, 5.41) is 4.41. The number of carbonyl (C=O) groups is 3. The molecule has 2 amide bonds. The number of rotatable bonds is 4. The second kappa shape index (κ2) is 8.06. The molecule has 2 N–H and O–H groups in total. The van der Waals surface area contributed by atoms with Crippen molar-refractivity contribution in [1.29, 1.82) is 0 Å². The topological polar surface area (TPSA) is 93.7 Å². The number of hydrogen-bond donors (Lipinski definition) is 2. The van der Waals surface area contributed by atoms with Gasteiger partial charge in [0, 0.05) is 6.07 Å².